The molecule has 2 rings (SSSR count). The highest BCUT2D eigenvalue weighted by molar-refractivity contribution is 5.22. The minimum Gasteiger partial charge on any atom is -0.459 e. The second-order valence-electron chi connectivity index (χ2n) is 3.26. The molecule has 17 heavy (non-hydrogen) atoms. The van der Waals surface area contributed by atoms with E-state index in [9.17, 15) is 10.1 Å². The summed E-state index contributed by atoms with van der Waals surface area (Å²) in [5.41, 5.74) is 0.825. The molecule has 0 amide bonds. The molecular formula is C11H9N3O3. The molecule has 0 saturated heterocycles. The van der Waals surface area contributed by atoms with E-state index in [0.717, 1.165) is 18.0 Å². The topological polar surface area (TPSA) is 78.2 Å². The molecule has 0 aliphatic heterocycles. The fourth-order valence-corrected chi connectivity index (χ4v) is 1.20. The predicted molar refractivity (Wildman–Crippen MR) is 59.5 cm³/mol. The fraction of sp³-hybridized carbons (Fsp3) is 0.0909. The second-order valence-corrected chi connectivity index (χ2v) is 3.26. The van der Waals surface area contributed by atoms with Crippen LogP contribution in [0, 0.1) is 10.1 Å². The van der Waals surface area contributed by atoms with Crippen molar-refractivity contribution < 1.29 is 9.66 Å². The zero-order chi connectivity index (χ0) is 12.1. The van der Waals surface area contributed by atoms with Gasteiger partial charge in [0.15, 0.2) is 0 Å². The molecule has 1 heterocycles. The molecule has 6 heteroatoms. The number of benzene rings is 1. The van der Waals surface area contributed by atoms with Gasteiger partial charge >= 0.3 is 11.7 Å². The van der Waals surface area contributed by atoms with Gasteiger partial charge in [0.25, 0.3) is 0 Å². The maximum atomic E-state index is 10.4. The van der Waals surface area contributed by atoms with Gasteiger partial charge in [-0.2, -0.15) is 9.97 Å². The Hall–Kier alpha value is -2.50. The van der Waals surface area contributed by atoms with Crippen LogP contribution < -0.4 is 4.74 Å². The first-order valence-corrected chi connectivity index (χ1v) is 4.89. The minimum atomic E-state index is -0.555. The summed E-state index contributed by atoms with van der Waals surface area (Å²) in [5, 5.41) is 10.4. The number of aromatic nitrogens is 2. The summed E-state index contributed by atoms with van der Waals surface area (Å²) >= 11 is 0. The first-order valence-electron chi connectivity index (χ1n) is 4.89. The number of nitrogens with zero attached hydrogens (tertiary/aromatic N) is 3. The summed E-state index contributed by atoms with van der Waals surface area (Å²) < 4.78 is 5.28. The third-order valence-electron chi connectivity index (χ3n) is 2.04. The molecule has 0 radical (unpaired) electrons. The van der Waals surface area contributed by atoms with Crippen molar-refractivity contribution in [2.24, 2.45) is 0 Å². The number of hydrogen-bond acceptors (Lipinski definition) is 5. The molecular weight excluding hydrogens is 222 g/mol. The average molecular weight is 231 g/mol. The van der Waals surface area contributed by atoms with Crippen LogP contribution in [-0.4, -0.2) is 14.9 Å². The monoisotopic (exact) mass is 231 g/mol. The lowest BCUT2D eigenvalue weighted by atomic mass is 10.2. The van der Waals surface area contributed by atoms with Crippen molar-refractivity contribution in [1.82, 2.24) is 9.97 Å². The van der Waals surface area contributed by atoms with Gasteiger partial charge in [-0.25, -0.2) is 0 Å². The van der Waals surface area contributed by atoms with E-state index in [1.165, 1.54) is 0 Å². The number of rotatable bonds is 4. The van der Waals surface area contributed by atoms with Crippen molar-refractivity contribution in [3.63, 3.8) is 0 Å². The number of hydrogen-bond donors (Lipinski definition) is 0. The van der Waals surface area contributed by atoms with E-state index in [0.29, 0.717) is 6.61 Å². The van der Waals surface area contributed by atoms with Gasteiger partial charge in [0.05, 0.1) is 4.92 Å². The van der Waals surface area contributed by atoms with Crippen LogP contribution >= 0.6 is 0 Å². The molecule has 0 atom stereocenters. The van der Waals surface area contributed by atoms with E-state index < -0.39 is 4.92 Å². The Labute approximate surface area is 97.1 Å². The molecule has 0 fully saturated rings. The van der Waals surface area contributed by atoms with Gasteiger partial charge in [-0.1, -0.05) is 30.3 Å². The van der Waals surface area contributed by atoms with Crippen LogP contribution in [0.2, 0.25) is 0 Å². The highest BCUT2D eigenvalue weighted by Gasteiger charge is 2.07. The molecule has 0 saturated carbocycles. The SMILES string of the molecule is O=[N+]([O-])c1cnc(OCc2ccccc2)nc1. The van der Waals surface area contributed by atoms with Crippen LogP contribution in [0.5, 0.6) is 6.01 Å². The molecule has 0 unspecified atom stereocenters. The summed E-state index contributed by atoms with van der Waals surface area (Å²) in [4.78, 5) is 17.3. The third-order valence-corrected chi connectivity index (χ3v) is 2.04. The zero-order valence-electron chi connectivity index (χ0n) is 8.81. The fourth-order valence-electron chi connectivity index (χ4n) is 1.20. The summed E-state index contributed by atoms with van der Waals surface area (Å²) in [6.45, 7) is 0.332. The lowest BCUT2D eigenvalue weighted by Gasteiger charge is -2.03. The van der Waals surface area contributed by atoms with E-state index in [1.54, 1.807) is 0 Å². The molecule has 1 aromatic carbocycles. The maximum absolute atomic E-state index is 10.4. The molecule has 0 aliphatic rings. The molecule has 1 aromatic heterocycles. The largest absolute Gasteiger partial charge is 0.459 e. The first-order chi connectivity index (χ1) is 8.25. The van der Waals surface area contributed by atoms with E-state index >= 15 is 0 Å². The summed E-state index contributed by atoms with van der Waals surface area (Å²) in [6, 6.07) is 9.65. The molecule has 0 bridgehead atoms. The second kappa shape index (κ2) is 5.02. The normalized spacial score (nSPS) is 9.88. The minimum absolute atomic E-state index is 0.124. The van der Waals surface area contributed by atoms with Crippen molar-refractivity contribution in [2.75, 3.05) is 0 Å². The number of nitro groups is 1. The van der Waals surface area contributed by atoms with Crippen LogP contribution in [0.15, 0.2) is 42.7 Å². The predicted octanol–water partition coefficient (Wildman–Crippen LogP) is 1.96. The van der Waals surface area contributed by atoms with Crippen LogP contribution in [0.1, 0.15) is 5.56 Å². The van der Waals surface area contributed by atoms with Gasteiger partial charge in [-0.05, 0) is 5.56 Å². The van der Waals surface area contributed by atoms with Crippen LogP contribution in [-0.2, 0) is 6.61 Å². The zero-order valence-corrected chi connectivity index (χ0v) is 8.81. The Morgan fingerprint density at radius 1 is 1.18 bits per heavy atom. The van der Waals surface area contributed by atoms with Gasteiger partial charge < -0.3 is 4.74 Å². The lowest BCUT2D eigenvalue weighted by Crippen LogP contribution is -2.00. The molecule has 0 spiro atoms. The van der Waals surface area contributed by atoms with Crippen LogP contribution in [0.3, 0.4) is 0 Å². The highest BCUT2D eigenvalue weighted by Crippen LogP contribution is 2.10. The van der Waals surface area contributed by atoms with Crippen molar-refractivity contribution in [3.05, 3.63) is 58.4 Å². The van der Waals surface area contributed by atoms with E-state index in [1.807, 2.05) is 30.3 Å². The highest BCUT2D eigenvalue weighted by atomic mass is 16.6. The van der Waals surface area contributed by atoms with Crippen molar-refractivity contribution in [1.29, 1.82) is 0 Å². The Morgan fingerprint density at radius 2 is 1.82 bits per heavy atom. The number of ether oxygens (including phenoxy) is 1. The molecule has 0 N–H and O–H groups in total. The quantitative estimate of drug-likeness (QED) is 0.593. The summed E-state index contributed by atoms with van der Waals surface area (Å²) in [7, 11) is 0. The molecule has 6 nitrogen and oxygen atoms in total. The van der Waals surface area contributed by atoms with Crippen molar-refractivity contribution >= 4 is 5.69 Å². The Bertz CT molecular complexity index is 499. The van der Waals surface area contributed by atoms with E-state index in [4.69, 9.17) is 4.74 Å². The Morgan fingerprint density at radius 3 is 2.41 bits per heavy atom. The molecule has 2 aromatic rings. The summed E-state index contributed by atoms with van der Waals surface area (Å²) in [5.74, 6) is 0. The molecule has 86 valence electrons. The Kier molecular flexibility index (Phi) is 3.25. The standard InChI is InChI=1S/C11H9N3O3/c15-14(16)10-6-12-11(13-7-10)17-8-9-4-2-1-3-5-9/h1-7H,8H2. The van der Waals surface area contributed by atoms with Gasteiger partial charge in [-0.3, -0.25) is 10.1 Å². The smallest absolute Gasteiger partial charge is 0.317 e. The van der Waals surface area contributed by atoms with Crippen molar-refractivity contribution in [2.45, 2.75) is 6.61 Å². The van der Waals surface area contributed by atoms with Gasteiger partial charge in [0.1, 0.15) is 19.0 Å². The average Bonchev–Trinajstić information content (AvgIpc) is 2.38. The van der Waals surface area contributed by atoms with E-state index in [-0.39, 0.29) is 11.7 Å². The van der Waals surface area contributed by atoms with E-state index in [2.05, 4.69) is 9.97 Å². The first kappa shape index (κ1) is 11.0. The van der Waals surface area contributed by atoms with Gasteiger partial charge in [-0.15, -0.1) is 0 Å². The van der Waals surface area contributed by atoms with Crippen LogP contribution in [0.4, 0.5) is 5.69 Å². The van der Waals surface area contributed by atoms with Crippen molar-refractivity contribution in [3.8, 4) is 6.01 Å². The summed E-state index contributed by atoms with van der Waals surface area (Å²) in [6.07, 6.45) is 2.24. The Balaban J connectivity index is 1.98. The maximum Gasteiger partial charge on any atom is 0.317 e. The molecule has 0 aliphatic carbocycles. The van der Waals surface area contributed by atoms with Gasteiger partial charge in [0, 0.05) is 0 Å². The third kappa shape index (κ3) is 2.97. The van der Waals surface area contributed by atoms with Crippen LogP contribution in [0.25, 0.3) is 0 Å². The van der Waals surface area contributed by atoms with Gasteiger partial charge in [0.2, 0.25) is 0 Å². The lowest BCUT2D eigenvalue weighted by molar-refractivity contribution is -0.385.